The van der Waals surface area contributed by atoms with Crippen LogP contribution in [0.15, 0.2) is 48.5 Å². The third-order valence-electron chi connectivity index (χ3n) is 3.76. The summed E-state index contributed by atoms with van der Waals surface area (Å²) in [5.41, 5.74) is 3.47. The summed E-state index contributed by atoms with van der Waals surface area (Å²) in [5.74, 6) is 1.29. The second-order valence-corrected chi connectivity index (χ2v) is 6.14. The predicted octanol–water partition coefficient (Wildman–Crippen LogP) is 4.00. The lowest BCUT2D eigenvalue weighted by molar-refractivity contribution is 0.236. The van der Waals surface area contributed by atoms with Crippen LogP contribution in [0.5, 0.6) is 5.75 Å². The molecule has 0 radical (unpaired) electrons. The highest BCUT2D eigenvalue weighted by Gasteiger charge is 2.06. The van der Waals surface area contributed by atoms with Crippen LogP contribution in [0.1, 0.15) is 36.5 Å². The van der Waals surface area contributed by atoms with E-state index in [2.05, 4.69) is 30.5 Å². The van der Waals surface area contributed by atoms with E-state index < -0.39 is 0 Å². The Morgan fingerprint density at radius 2 is 1.75 bits per heavy atom. The molecule has 0 aliphatic heterocycles. The molecule has 0 spiro atoms. The average Bonchev–Trinajstić information content (AvgIpc) is 2.58. The molecule has 0 unspecified atom stereocenters. The number of nitrogens with one attached hydrogen (secondary N) is 2. The zero-order valence-electron chi connectivity index (χ0n) is 14.6. The molecule has 0 saturated heterocycles. The van der Waals surface area contributed by atoms with Crippen LogP contribution in [-0.4, -0.2) is 19.2 Å². The van der Waals surface area contributed by atoms with Gasteiger partial charge >= 0.3 is 6.03 Å². The summed E-state index contributed by atoms with van der Waals surface area (Å²) in [6, 6.07) is 15.9. The topological polar surface area (TPSA) is 50.4 Å². The van der Waals surface area contributed by atoms with Crippen molar-refractivity contribution in [3.8, 4) is 5.75 Å². The second kappa shape index (κ2) is 8.96. The van der Waals surface area contributed by atoms with Crippen molar-refractivity contribution in [3.05, 3.63) is 65.2 Å². The monoisotopic (exact) mass is 326 g/mol. The first-order valence-electron chi connectivity index (χ1n) is 8.35. The number of rotatable bonds is 7. The molecule has 0 saturated carbocycles. The summed E-state index contributed by atoms with van der Waals surface area (Å²) in [6.07, 6.45) is 0. The molecule has 0 aliphatic rings. The number of aryl methyl sites for hydroxylation is 1. The molecule has 0 aromatic heterocycles. The largest absolute Gasteiger partial charge is 0.491 e. The molecular weight excluding hydrogens is 300 g/mol. The van der Waals surface area contributed by atoms with Crippen molar-refractivity contribution in [1.29, 1.82) is 0 Å². The lowest BCUT2D eigenvalue weighted by Gasteiger charge is -2.14. The Morgan fingerprint density at radius 3 is 2.46 bits per heavy atom. The van der Waals surface area contributed by atoms with Gasteiger partial charge in [0.25, 0.3) is 0 Å². The van der Waals surface area contributed by atoms with Gasteiger partial charge in [0, 0.05) is 6.54 Å². The minimum atomic E-state index is -0.184. The third-order valence-corrected chi connectivity index (χ3v) is 3.76. The maximum Gasteiger partial charge on any atom is 0.315 e. The van der Waals surface area contributed by atoms with Crippen molar-refractivity contribution < 1.29 is 9.53 Å². The smallest absolute Gasteiger partial charge is 0.315 e. The predicted molar refractivity (Wildman–Crippen MR) is 97.4 cm³/mol. The molecule has 4 nitrogen and oxygen atoms in total. The van der Waals surface area contributed by atoms with Crippen molar-refractivity contribution in [2.75, 3.05) is 13.2 Å². The van der Waals surface area contributed by atoms with Gasteiger partial charge in [-0.3, -0.25) is 0 Å². The number of benzene rings is 2. The molecule has 0 fully saturated rings. The molecule has 0 bridgehead atoms. The fourth-order valence-electron chi connectivity index (χ4n) is 2.37. The minimum Gasteiger partial charge on any atom is -0.491 e. The fourth-order valence-corrected chi connectivity index (χ4v) is 2.37. The Bertz CT molecular complexity index is 651. The van der Waals surface area contributed by atoms with E-state index in [1.54, 1.807) is 0 Å². The summed E-state index contributed by atoms with van der Waals surface area (Å²) in [4.78, 5) is 11.8. The number of hydrogen-bond acceptors (Lipinski definition) is 2. The van der Waals surface area contributed by atoms with Gasteiger partial charge in [-0.2, -0.15) is 0 Å². The van der Waals surface area contributed by atoms with Gasteiger partial charge in [-0.1, -0.05) is 61.9 Å². The summed E-state index contributed by atoms with van der Waals surface area (Å²) in [6.45, 7) is 7.75. The van der Waals surface area contributed by atoms with Gasteiger partial charge in [-0.15, -0.1) is 0 Å². The maximum atomic E-state index is 11.8. The van der Waals surface area contributed by atoms with Crippen LogP contribution >= 0.6 is 0 Å². The average molecular weight is 326 g/mol. The Labute approximate surface area is 144 Å². The first-order chi connectivity index (χ1) is 11.6. The van der Waals surface area contributed by atoms with Gasteiger partial charge in [0.1, 0.15) is 12.4 Å². The van der Waals surface area contributed by atoms with Crippen LogP contribution < -0.4 is 15.4 Å². The Hall–Kier alpha value is -2.49. The zero-order valence-corrected chi connectivity index (χ0v) is 14.6. The Kier molecular flexibility index (Phi) is 6.67. The van der Waals surface area contributed by atoms with Crippen LogP contribution in [0.4, 0.5) is 4.79 Å². The van der Waals surface area contributed by atoms with Crippen molar-refractivity contribution >= 4 is 6.03 Å². The van der Waals surface area contributed by atoms with Crippen LogP contribution in [0.2, 0.25) is 0 Å². The van der Waals surface area contributed by atoms with E-state index in [0.717, 1.165) is 11.3 Å². The highest BCUT2D eigenvalue weighted by molar-refractivity contribution is 5.73. The zero-order chi connectivity index (χ0) is 17.4. The molecule has 24 heavy (non-hydrogen) atoms. The van der Waals surface area contributed by atoms with Gasteiger partial charge in [-0.25, -0.2) is 4.79 Å². The number of amides is 2. The number of para-hydroxylation sites is 1. The molecule has 0 aliphatic carbocycles. The molecule has 4 heteroatoms. The maximum absolute atomic E-state index is 11.8. The van der Waals surface area contributed by atoms with E-state index in [1.165, 1.54) is 11.1 Å². The second-order valence-electron chi connectivity index (χ2n) is 6.14. The van der Waals surface area contributed by atoms with Crippen LogP contribution in [0, 0.1) is 6.92 Å². The van der Waals surface area contributed by atoms with E-state index in [-0.39, 0.29) is 6.03 Å². The van der Waals surface area contributed by atoms with E-state index in [4.69, 9.17) is 4.74 Å². The fraction of sp³-hybridized carbons (Fsp3) is 0.350. The highest BCUT2D eigenvalue weighted by atomic mass is 16.5. The van der Waals surface area contributed by atoms with Crippen LogP contribution in [-0.2, 0) is 6.54 Å². The molecule has 2 aromatic rings. The molecule has 2 N–H and O–H groups in total. The van der Waals surface area contributed by atoms with Gasteiger partial charge in [-0.05, 0) is 30.0 Å². The molecule has 0 heterocycles. The van der Waals surface area contributed by atoms with Gasteiger partial charge in [0.05, 0.1) is 6.54 Å². The van der Waals surface area contributed by atoms with Gasteiger partial charge < -0.3 is 15.4 Å². The molecule has 128 valence electrons. The normalized spacial score (nSPS) is 10.5. The first-order valence-corrected chi connectivity index (χ1v) is 8.35. The summed E-state index contributed by atoms with van der Waals surface area (Å²) >= 11 is 0. The molecule has 2 amide bonds. The quantitative estimate of drug-likeness (QED) is 0.756. The SMILES string of the molecule is Cc1ccc(CNC(=O)NCCOc2ccccc2C(C)C)cc1. The molecule has 2 rings (SSSR count). The minimum absolute atomic E-state index is 0.184. The van der Waals surface area contributed by atoms with Crippen molar-refractivity contribution in [2.45, 2.75) is 33.2 Å². The van der Waals surface area contributed by atoms with Crippen LogP contribution in [0.25, 0.3) is 0 Å². The van der Waals surface area contributed by atoms with Crippen molar-refractivity contribution in [1.82, 2.24) is 10.6 Å². The van der Waals surface area contributed by atoms with Gasteiger partial charge in [0.2, 0.25) is 0 Å². The number of urea groups is 1. The van der Waals surface area contributed by atoms with Crippen molar-refractivity contribution in [2.24, 2.45) is 0 Å². The lowest BCUT2D eigenvalue weighted by Crippen LogP contribution is -2.37. The van der Waals surface area contributed by atoms with Gasteiger partial charge in [0.15, 0.2) is 0 Å². The third kappa shape index (κ3) is 5.61. The van der Waals surface area contributed by atoms with Crippen molar-refractivity contribution in [3.63, 3.8) is 0 Å². The first kappa shape index (κ1) is 17.9. The number of hydrogen-bond donors (Lipinski definition) is 2. The summed E-state index contributed by atoms with van der Waals surface area (Å²) in [5, 5.41) is 5.65. The summed E-state index contributed by atoms with van der Waals surface area (Å²) < 4.78 is 5.78. The van der Waals surface area contributed by atoms with E-state index in [9.17, 15) is 4.79 Å². The lowest BCUT2D eigenvalue weighted by atomic mass is 10.0. The number of carbonyl (C=O) groups is 1. The van der Waals surface area contributed by atoms with E-state index in [0.29, 0.717) is 25.6 Å². The summed E-state index contributed by atoms with van der Waals surface area (Å²) in [7, 11) is 0. The Balaban J connectivity index is 1.69. The highest BCUT2D eigenvalue weighted by Crippen LogP contribution is 2.25. The van der Waals surface area contributed by atoms with E-state index >= 15 is 0 Å². The van der Waals surface area contributed by atoms with Crippen LogP contribution in [0.3, 0.4) is 0 Å². The Morgan fingerprint density at radius 1 is 1.04 bits per heavy atom. The molecular formula is C20H26N2O2. The number of carbonyl (C=O) groups excluding carboxylic acids is 1. The standard InChI is InChI=1S/C20H26N2O2/c1-15(2)18-6-4-5-7-19(18)24-13-12-21-20(23)22-14-17-10-8-16(3)9-11-17/h4-11,15H,12-14H2,1-3H3,(H2,21,22,23). The molecule has 2 aromatic carbocycles. The number of ether oxygens (including phenoxy) is 1. The molecule has 0 atom stereocenters. The van der Waals surface area contributed by atoms with E-state index in [1.807, 2.05) is 49.4 Å².